The van der Waals surface area contributed by atoms with Gasteiger partial charge in [-0.1, -0.05) is 12.1 Å². The van der Waals surface area contributed by atoms with Gasteiger partial charge in [0.25, 0.3) is 0 Å². The van der Waals surface area contributed by atoms with Crippen molar-refractivity contribution in [2.75, 3.05) is 5.32 Å². The largest absolute Gasteiger partial charge is 0.375 e. The molecule has 1 atom stereocenters. The lowest BCUT2D eigenvalue weighted by molar-refractivity contribution is 0.824. The molecule has 0 aliphatic rings. The van der Waals surface area contributed by atoms with Gasteiger partial charge in [-0.3, -0.25) is 0 Å². The number of hydrogen-bond acceptors (Lipinski definition) is 4. The zero-order valence-electron chi connectivity index (χ0n) is 12.4. The van der Waals surface area contributed by atoms with Crippen LogP contribution in [-0.2, 0) is 0 Å². The van der Waals surface area contributed by atoms with Crippen molar-refractivity contribution in [2.45, 2.75) is 26.8 Å². The predicted octanol–water partition coefficient (Wildman–Crippen LogP) is 4.12. The van der Waals surface area contributed by atoms with E-state index in [1.54, 1.807) is 17.5 Å². The number of nitrogens with one attached hydrogen (secondary N) is 1. The van der Waals surface area contributed by atoms with E-state index in [1.165, 1.54) is 4.88 Å². The number of benzene rings is 1. The van der Waals surface area contributed by atoms with E-state index < -0.39 is 0 Å². The first-order valence-corrected chi connectivity index (χ1v) is 7.76. The van der Waals surface area contributed by atoms with Crippen LogP contribution in [0, 0.1) is 13.8 Å². The van der Waals surface area contributed by atoms with Gasteiger partial charge >= 0.3 is 0 Å². The van der Waals surface area contributed by atoms with E-state index >= 15 is 0 Å². The van der Waals surface area contributed by atoms with Crippen molar-refractivity contribution in [1.82, 2.24) is 14.8 Å². The molecule has 0 saturated heterocycles. The van der Waals surface area contributed by atoms with Crippen molar-refractivity contribution in [3.8, 4) is 5.69 Å². The number of rotatable bonds is 4. The van der Waals surface area contributed by atoms with Gasteiger partial charge in [-0.15, -0.1) is 11.3 Å². The van der Waals surface area contributed by atoms with Gasteiger partial charge in [-0.05, 0) is 39.0 Å². The van der Waals surface area contributed by atoms with Gasteiger partial charge in [0, 0.05) is 17.3 Å². The lowest BCUT2D eigenvalue weighted by Gasteiger charge is -2.17. The highest BCUT2D eigenvalue weighted by molar-refractivity contribution is 7.11. The summed E-state index contributed by atoms with van der Waals surface area (Å²) in [5.74, 6) is 0. The maximum atomic E-state index is 4.63. The van der Waals surface area contributed by atoms with E-state index in [0.29, 0.717) is 0 Å². The van der Waals surface area contributed by atoms with Crippen molar-refractivity contribution in [1.29, 1.82) is 0 Å². The van der Waals surface area contributed by atoms with Gasteiger partial charge in [-0.25, -0.2) is 9.67 Å². The minimum absolute atomic E-state index is 0.159. The third-order valence-corrected chi connectivity index (χ3v) is 4.28. The lowest BCUT2D eigenvalue weighted by atomic mass is 10.2. The van der Waals surface area contributed by atoms with E-state index in [-0.39, 0.29) is 6.04 Å². The number of nitrogens with zero attached hydrogens (tertiary/aromatic N) is 3. The summed E-state index contributed by atoms with van der Waals surface area (Å²) in [7, 11) is 0. The monoisotopic (exact) mass is 298 g/mol. The zero-order chi connectivity index (χ0) is 14.8. The first-order chi connectivity index (χ1) is 10.1. The van der Waals surface area contributed by atoms with Gasteiger partial charge in [0.2, 0.25) is 0 Å². The zero-order valence-corrected chi connectivity index (χ0v) is 13.2. The van der Waals surface area contributed by atoms with Gasteiger partial charge in [0.15, 0.2) is 0 Å². The van der Waals surface area contributed by atoms with Crippen molar-refractivity contribution in [2.24, 2.45) is 0 Å². The second-order valence-electron chi connectivity index (χ2n) is 5.01. The number of para-hydroxylation sites is 2. The van der Waals surface area contributed by atoms with Crippen LogP contribution in [0.25, 0.3) is 5.69 Å². The normalized spacial score (nSPS) is 12.3. The molecule has 21 heavy (non-hydrogen) atoms. The molecule has 3 rings (SSSR count). The van der Waals surface area contributed by atoms with Crippen LogP contribution in [-0.4, -0.2) is 14.8 Å². The molecular weight excluding hydrogens is 280 g/mol. The number of aromatic nitrogens is 3. The fraction of sp³-hybridized carbons (Fsp3) is 0.250. The molecule has 0 spiro atoms. The summed E-state index contributed by atoms with van der Waals surface area (Å²) < 4.78 is 1.87. The summed E-state index contributed by atoms with van der Waals surface area (Å²) >= 11 is 1.74. The summed E-state index contributed by atoms with van der Waals surface area (Å²) in [4.78, 5) is 5.90. The number of thiazole rings is 1. The quantitative estimate of drug-likeness (QED) is 0.788. The highest BCUT2D eigenvalue weighted by Crippen LogP contribution is 2.28. The lowest BCUT2D eigenvalue weighted by Crippen LogP contribution is -2.11. The molecule has 0 aliphatic heterocycles. The van der Waals surface area contributed by atoms with E-state index in [2.05, 4.69) is 41.4 Å². The summed E-state index contributed by atoms with van der Waals surface area (Å²) in [6.45, 7) is 6.31. The summed E-state index contributed by atoms with van der Waals surface area (Å²) in [6, 6.07) is 10.3. The first-order valence-electron chi connectivity index (χ1n) is 6.94. The average molecular weight is 298 g/mol. The van der Waals surface area contributed by atoms with Crippen LogP contribution < -0.4 is 5.32 Å². The van der Waals surface area contributed by atoms with Crippen LogP contribution in [0.4, 0.5) is 5.69 Å². The third-order valence-electron chi connectivity index (χ3n) is 3.38. The highest BCUT2D eigenvalue weighted by Gasteiger charge is 2.14. The molecule has 5 heteroatoms. The molecule has 3 aromatic rings. The Morgan fingerprint density at radius 3 is 2.67 bits per heavy atom. The molecular formula is C16H18N4S. The maximum absolute atomic E-state index is 4.63. The molecule has 0 fully saturated rings. The highest BCUT2D eigenvalue weighted by atomic mass is 32.1. The van der Waals surface area contributed by atoms with Crippen molar-refractivity contribution in [3.05, 3.63) is 58.3 Å². The van der Waals surface area contributed by atoms with E-state index in [4.69, 9.17) is 0 Å². The molecule has 4 nitrogen and oxygen atoms in total. The molecule has 1 unspecified atom stereocenters. The predicted molar refractivity (Wildman–Crippen MR) is 87.2 cm³/mol. The molecule has 0 bridgehead atoms. The third kappa shape index (κ3) is 2.83. The SMILES string of the molecule is Cc1nc(C(C)Nc2ccccc2-n2cccn2)c(C)s1. The van der Waals surface area contributed by atoms with Crippen LogP contribution >= 0.6 is 11.3 Å². The van der Waals surface area contributed by atoms with Gasteiger partial charge in [0.05, 0.1) is 28.1 Å². The second-order valence-corrected chi connectivity index (χ2v) is 6.42. The van der Waals surface area contributed by atoms with Crippen LogP contribution in [0.15, 0.2) is 42.7 Å². The Hall–Kier alpha value is -2.14. The molecule has 1 N–H and O–H groups in total. The Kier molecular flexibility index (Phi) is 3.75. The molecule has 2 aromatic heterocycles. The van der Waals surface area contributed by atoms with Gasteiger partial charge < -0.3 is 5.32 Å². The van der Waals surface area contributed by atoms with Crippen LogP contribution in [0.2, 0.25) is 0 Å². The summed E-state index contributed by atoms with van der Waals surface area (Å²) in [5, 5.41) is 8.97. The molecule has 0 amide bonds. The fourth-order valence-electron chi connectivity index (χ4n) is 2.46. The summed E-state index contributed by atoms with van der Waals surface area (Å²) in [5.41, 5.74) is 3.21. The van der Waals surface area contributed by atoms with Crippen LogP contribution in [0.1, 0.15) is 28.5 Å². The van der Waals surface area contributed by atoms with Crippen molar-refractivity contribution >= 4 is 17.0 Å². The minimum atomic E-state index is 0.159. The average Bonchev–Trinajstić information content (AvgIpc) is 3.09. The van der Waals surface area contributed by atoms with E-state index in [9.17, 15) is 0 Å². The Bertz CT molecular complexity index is 731. The molecule has 1 aromatic carbocycles. The number of hydrogen-bond donors (Lipinski definition) is 1. The molecule has 0 aliphatic carbocycles. The van der Waals surface area contributed by atoms with Gasteiger partial charge in [0.1, 0.15) is 0 Å². The van der Waals surface area contributed by atoms with Crippen molar-refractivity contribution < 1.29 is 0 Å². The number of aryl methyl sites for hydroxylation is 2. The van der Waals surface area contributed by atoms with Gasteiger partial charge in [-0.2, -0.15) is 5.10 Å². The molecule has 108 valence electrons. The smallest absolute Gasteiger partial charge is 0.0901 e. The van der Waals surface area contributed by atoms with E-state index in [1.807, 2.05) is 36.0 Å². The Morgan fingerprint density at radius 1 is 1.19 bits per heavy atom. The van der Waals surface area contributed by atoms with Crippen LogP contribution in [0.5, 0.6) is 0 Å². The van der Waals surface area contributed by atoms with E-state index in [0.717, 1.165) is 22.1 Å². The Balaban J connectivity index is 1.90. The Morgan fingerprint density at radius 2 is 2.00 bits per heavy atom. The second kappa shape index (κ2) is 5.69. The minimum Gasteiger partial charge on any atom is -0.375 e. The van der Waals surface area contributed by atoms with Crippen molar-refractivity contribution in [3.63, 3.8) is 0 Å². The number of anilines is 1. The van der Waals surface area contributed by atoms with Crippen LogP contribution in [0.3, 0.4) is 0 Å². The maximum Gasteiger partial charge on any atom is 0.0901 e. The molecule has 0 saturated carbocycles. The Labute approximate surface area is 128 Å². The summed E-state index contributed by atoms with van der Waals surface area (Å²) in [6.07, 6.45) is 3.73. The standard InChI is InChI=1S/C16H18N4S/c1-11(16-12(2)21-13(3)19-16)18-14-7-4-5-8-15(14)20-10-6-9-17-20/h4-11,18H,1-3H3. The fourth-order valence-corrected chi connectivity index (χ4v) is 3.37. The topological polar surface area (TPSA) is 42.7 Å². The first kappa shape index (κ1) is 13.8. The molecule has 0 radical (unpaired) electrons. The molecule has 2 heterocycles.